The van der Waals surface area contributed by atoms with Crippen molar-refractivity contribution in [2.75, 3.05) is 0 Å². The van der Waals surface area contributed by atoms with Gasteiger partial charge in [0, 0.05) is 28.6 Å². The Morgan fingerprint density at radius 1 is 1.13 bits per heavy atom. The van der Waals surface area contributed by atoms with E-state index in [1.807, 2.05) is 19.1 Å². The van der Waals surface area contributed by atoms with Crippen LogP contribution in [0.15, 0.2) is 57.7 Å². The summed E-state index contributed by atoms with van der Waals surface area (Å²) in [5.74, 6) is -1.21. The Morgan fingerprint density at radius 3 is 2.57 bits per heavy atom. The molecule has 0 aliphatic rings. The summed E-state index contributed by atoms with van der Waals surface area (Å²) in [7, 11) is 0. The van der Waals surface area contributed by atoms with Gasteiger partial charge < -0.3 is 19.6 Å². The number of amides is 1. The lowest BCUT2D eigenvalue weighted by Gasteiger charge is -2.21. The van der Waals surface area contributed by atoms with Crippen LogP contribution in [0.1, 0.15) is 35.3 Å². The topological polar surface area (TPSA) is 106 Å². The maximum atomic E-state index is 12.7. The minimum atomic E-state index is -0.854. The number of fused-ring (bicyclic) bond motifs is 1. The molecule has 0 aliphatic carbocycles. The van der Waals surface area contributed by atoms with Gasteiger partial charge >= 0.3 is 11.6 Å². The summed E-state index contributed by atoms with van der Waals surface area (Å²) in [5, 5.41) is 12.9. The van der Waals surface area contributed by atoms with Crippen molar-refractivity contribution in [3.8, 4) is 5.75 Å². The van der Waals surface area contributed by atoms with Gasteiger partial charge in [0.2, 0.25) is 0 Å². The first kappa shape index (κ1) is 21.1. The summed E-state index contributed by atoms with van der Waals surface area (Å²) in [4.78, 5) is 37.1. The van der Waals surface area contributed by atoms with Gasteiger partial charge in [-0.15, -0.1) is 0 Å². The predicted molar refractivity (Wildman–Crippen MR) is 111 cm³/mol. The van der Waals surface area contributed by atoms with Crippen LogP contribution >= 0.6 is 0 Å². The average molecular weight is 409 g/mol. The molecule has 30 heavy (non-hydrogen) atoms. The molecule has 0 spiro atoms. The highest BCUT2D eigenvalue weighted by molar-refractivity contribution is 5.98. The van der Waals surface area contributed by atoms with Crippen molar-refractivity contribution in [1.82, 2.24) is 5.32 Å². The molecular formula is C23H23NO6. The van der Waals surface area contributed by atoms with Gasteiger partial charge in [-0.3, -0.25) is 4.79 Å². The van der Waals surface area contributed by atoms with Crippen molar-refractivity contribution in [2.45, 2.75) is 33.4 Å². The van der Waals surface area contributed by atoms with E-state index < -0.39 is 17.6 Å². The van der Waals surface area contributed by atoms with Gasteiger partial charge in [0.15, 0.2) is 0 Å². The van der Waals surface area contributed by atoms with Crippen LogP contribution in [-0.4, -0.2) is 23.0 Å². The number of nitrogens with one attached hydrogen (secondary N) is 1. The number of phenols is 1. The van der Waals surface area contributed by atoms with Crippen LogP contribution in [0, 0.1) is 12.8 Å². The molecule has 3 aromatic rings. The van der Waals surface area contributed by atoms with E-state index in [4.69, 9.17) is 9.15 Å². The molecule has 0 bridgehead atoms. The second kappa shape index (κ2) is 8.82. The maximum absolute atomic E-state index is 12.7. The standard InChI is InChI=1S/C23H23NO6/c1-13(2)21(24-22(27)17-7-5-4-6-14(17)3)23(28)29-12-15-10-20(26)30-19-11-16(25)8-9-18(15)19/h4-11,13,21,25H,12H2,1-3H3,(H,24,27)/t21-/m0/s1. The van der Waals surface area contributed by atoms with Crippen LogP contribution in [0.5, 0.6) is 5.75 Å². The zero-order valence-corrected chi connectivity index (χ0v) is 17.0. The first-order chi connectivity index (χ1) is 14.3. The normalized spacial score (nSPS) is 12.0. The molecule has 7 heteroatoms. The molecule has 2 N–H and O–H groups in total. The van der Waals surface area contributed by atoms with Gasteiger partial charge in [-0.1, -0.05) is 32.0 Å². The maximum Gasteiger partial charge on any atom is 0.336 e. The summed E-state index contributed by atoms with van der Waals surface area (Å²) in [6.07, 6.45) is 0. The number of benzene rings is 2. The van der Waals surface area contributed by atoms with Gasteiger partial charge in [0.05, 0.1) is 0 Å². The highest BCUT2D eigenvalue weighted by Crippen LogP contribution is 2.22. The molecule has 7 nitrogen and oxygen atoms in total. The third-order valence-electron chi connectivity index (χ3n) is 4.78. The summed E-state index contributed by atoms with van der Waals surface area (Å²) in [6.45, 7) is 5.26. The van der Waals surface area contributed by atoms with Crippen LogP contribution in [-0.2, 0) is 16.1 Å². The van der Waals surface area contributed by atoms with E-state index in [1.165, 1.54) is 18.2 Å². The number of esters is 1. The lowest BCUT2D eigenvalue weighted by atomic mass is 10.0. The quantitative estimate of drug-likeness (QED) is 0.478. The molecule has 0 saturated carbocycles. The second-order valence-corrected chi connectivity index (χ2v) is 7.39. The molecule has 1 amide bonds. The van der Waals surface area contributed by atoms with Gasteiger partial charge in [-0.25, -0.2) is 9.59 Å². The first-order valence-corrected chi connectivity index (χ1v) is 9.55. The highest BCUT2D eigenvalue weighted by atomic mass is 16.5. The summed E-state index contributed by atoms with van der Waals surface area (Å²) in [6, 6.07) is 11.8. The number of hydrogen-bond acceptors (Lipinski definition) is 6. The van der Waals surface area contributed by atoms with E-state index in [1.54, 1.807) is 32.0 Å². The molecule has 1 aromatic heterocycles. The van der Waals surface area contributed by atoms with Gasteiger partial charge in [0.1, 0.15) is 24.0 Å². The van der Waals surface area contributed by atoms with Crippen molar-refractivity contribution < 1.29 is 23.8 Å². The van der Waals surface area contributed by atoms with Gasteiger partial charge in [-0.2, -0.15) is 0 Å². The van der Waals surface area contributed by atoms with Crippen molar-refractivity contribution in [3.05, 3.63) is 75.6 Å². The number of aromatic hydroxyl groups is 1. The molecule has 0 fully saturated rings. The number of phenolic OH excluding ortho intramolecular Hbond substituents is 1. The van der Waals surface area contributed by atoms with Crippen LogP contribution in [0.2, 0.25) is 0 Å². The lowest BCUT2D eigenvalue weighted by molar-refractivity contribution is -0.148. The zero-order chi connectivity index (χ0) is 21.8. The highest BCUT2D eigenvalue weighted by Gasteiger charge is 2.27. The molecule has 156 valence electrons. The Hall–Kier alpha value is -3.61. The number of hydrogen-bond donors (Lipinski definition) is 2. The van der Waals surface area contributed by atoms with Crippen molar-refractivity contribution in [1.29, 1.82) is 0 Å². The van der Waals surface area contributed by atoms with Crippen LogP contribution < -0.4 is 10.9 Å². The Labute approximate surface area is 173 Å². The lowest BCUT2D eigenvalue weighted by Crippen LogP contribution is -2.45. The smallest absolute Gasteiger partial charge is 0.336 e. The molecular weight excluding hydrogens is 386 g/mol. The average Bonchev–Trinajstić information content (AvgIpc) is 2.69. The van der Waals surface area contributed by atoms with E-state index in [0.717, 1.165) is 5.56 Å². The van der Waals surface area contributed by atoms with Gasteiger partial charge in [-0.05, 0) is 36.6 Å². The zero-order valence-electron chi connectivity index (χ0n) is 17.0. The van der Waals surface area contributed by atoms with Crippen molar-refractivity contribution in [2.24, 2.45) is 5.92 Å². The summed E-state index contributed by atoms with van der Waals surface area (Å²) >= 11 is 0. The third kappa shape index (κ3) is 4.68. The fourth-order valence-electron chi connectivity index (χ4n) is 3.12. The molecule has 0 saturated heterocycles. The van der Waals surface area contributed by atoms with E-state index in [0.29, 0.717) is 16.5 Å². The summed E-state index contributed by atoms with van der Waals surface area (Å²) < 4.78 is 10.5. The number of carbonyl (C=O) groups excluding carboxylic acids is 2. The third-order valence-corrected chi connectivity index (χ3v) is 4.78. The minimum absolute atomic E-state index is 0.0430. The minimum Gasteiger partial charge on any atom is -0.508 e. The second-order valence-electron chi connectivity index (χ2n) is 7.39. The summed E-state index contributed by atoms with van der Waals surface area (Å²) in [5.41, 5.74) is 1.32. The number of aryl methyl sites for hydroxylation is 1. The molecule has 0 unspecified atom stereocenters. The van der Waals surface area contributed by atoms with Gasteiger partial charge in [0.25, 0.3) is 5.91 Å². The van der Waals surface area contributed by atoms with E-state index in [-0.39, 0.29) is 29.8 Å². The van der Waals surface area contributed by atoms with Crippen molar-refractivity contribution >= 4 is 22.8 Å². The molecule has 2 aromatic carbocycles. The molecule has 0 radical (unpaired) electrons. The molecule has 1 atom stereocenters. The monoisotopic (exact) mass is 409 g/mol. The van der Waals surface area contributed by atoms with E-state index >= 15 is 0 Å². The van der Waals surface area contributed by atoms with Crippen LogP contribution in [0.25, 0.3) is 11.0 Å². The number of carbonyl (C=O) groups is 2. The first-order valence-electron chi connectivity index (χ1n) is 9.55. The Balaban J connectivity index is 1.76. The number of ether oxygens (including phenoxy) is 1. The largest absolute Gasteiger partial charge is 0.508 e. The fourth-order valence-corrected chi connectivity index (χ4v) is 3.12. The van der Waals surface area contributed by atoms with E-state index in [2.05, 4.69) is 5.32 Å². The Bertz CT molecular complexity index is 1150. The molecule has 0 aliphatic heterocycles. The molecule has 3 rings (SSSR count). The SMILES string of the molecule is Cc1ccccc1C(=O)N[C@H](C(=O)OCc1cc(=O)oc2cc(O)ccc12)C(C)C. The van der Waals surface area contributed by atoms with Crippen molar-refractivity contribution in [3.63, 3.8) is 0 Å². The molecule has 1 heterocycles. The van der Waals surface area contributed by atoms with Crippen LogP contribution in [0.4, 0.5) is 0 Å². The fraction of sp³-hybridized carbons (Fsp3) is 0.261. The predicted octanol–water partition coefficient (Wildman–Crippen LogP) is 3.30. The Kier molecular flexibility index (Phi) is 6.20. The van der Waals surface area contributed by atoms with E-state index in [9.17, 15) is 19.5 Å². The van der Waals surface area contributed by atoms with Crippen LogP contribution in [0.3, 0.4) is 0 Å². The number of rotatable bonds is 6. The Morgan fingerprint density at radius 2 is 1.87 bits per heavy atom.